The first-order valence-electron chi connectivity index (χ1n) is 5.65. The van der Waals surface area contributed by atoms with Gasteiger partial charge in [-0.1, -0.05) is 0 Å². The average Bonchev–Trinajstić information content (AvgIpc) is 2.35. The Morgan fingerprint density at radius 1 is 1.39 bits per heavy atom. The molecule has 0 unspecified atom stereocenters. The molecule has 0 saturated heterocycles. The van der Waals surface area contributed by atoms with Gasteiger partial charge in [-0.25, -0.2) is 0 Å². The zero-order chi connectivity index (χ0) is 13.4. The molecule has 1 aromatic rings. The molecule has 1 rings (SSSR count). The Morgan fingerprint density at radius 3 is 2.83 bits per heavy atom. The molecule has 18 heavy (non-hydrogen) atoms. The van der Waals surface area contributed by atoms with Crippen molar-refractivity contribution in [1.82, 2.24) is 4.57 Å². The number of nitrogens with zero attached hydrogens (tertiary/aromatic N) is 1. The molecule has 0 saturated carbocycles. The molecule has 0 aromatic carbocycles. The van der Waals surface area contributed by atoms with E-state index in [1.165, 1.54) is 17.9 Å². The van der Waals surface area contributed by atoms with Crippen molar-refractivity contribution in [1.29, 1.82) is 0 Å². The number of hydrogen-bond acceptors (Lipinski definition) is 5. The van der Waals surface area contributed by atoms with Gasteiger partial charge in [-0.3, -0.25) is 9.59 Å². The lowest BCUT2D eigenvalue weighted by Gasteiger charge is -2.08. The third kappa shape index (κ3) is 4.21. The number of hydrogen-bond donors (Lipinski definition) is 0. The fourth-order valence-electron chi connectivity index (χ4n) is 1.33. The number of aromatic nitrogens is 1. The van der Waals surface area contributed by atoms with E-state index < -0.39 is 5.97 Å². The smallest absolute Gasteiger partial charge is 0.326 e. The molecule has 6 nitrogen and oxygen atoms in total. The van der Waals surface area contributed by atoms with E-state index in [4.69, 9.17) is 14.2 Å². The largest absolute Gasteiger partial charge is 0.488 e. The number of carbonyl (C=O) groups excluding carboxylic acids is 1. The first-order chi connectivity index (χ1) is 8.69. The molecule has 1 aromatic heterocycles. The predicted octanol–water partition coefficient (Wildman–Crippen LogP) is 0.437. The van der Waals surface area contributed by atoms with Gasteiger partial charge in [0.05, 0.1) is 13.2 Å². The number of methoxy groups -OCH3 is 1. The van der Waals surface area contributed by atoms with Gasteiger partial charge in [-0.05, 0) is 19.1 Å². The molecule has 0 spiro atoms. The molecule has 0 aliphatic carbocycles. The second kappa shape index (κ2) is 7.50. The van der Waals surface area contributed by atoms with Crippen LogP contribution in [0.4, 0.5) is 0 Å². The van der Waals surface area contributed by atoms with Crippen LogP contribution in [0.5, 0.6) is 5.75 Å². The Kier molecular flexibility index (Phi) is 5.93. The van der Waals surface area contributed by atoms with E-state index in [9.17, 15) is 9.59 Å². The number of esters is 1. The van der Waals surface area contributed by atoms with E-state index in [2.05, 4.69) is 0 Å². The van der Waals surface area contributed by atoms with Crippen LogP contribution >= 0.6 is 0 Å². The molecule has 6 heteroatoms. The standard InChI is InChI=1S/C12H17NO5/c1-3-17-10-5-4-6-13(12(10)15)9-11(14)18-8-7-16-2/h4-6H,3,7-9H2,1-2H3. The summed E-state index contributed by atoms with van der Waals surface area (Å²) >= 11 is 0. The second-order valence-electron chi connectivity index (χ2n) is 3.45. The van der Waals surface area contributed by atoms with Gasteiger partial charge in [0, 0.05) is 13.3 Å². The van der Waals surface area contributed by atoms with E-state index in [1.807, 2.05) is 0 Å². The normalized spacial score (nSPS) is 10.1. The maximum Gasteiger partial charge on any atom is 0.326 e. The summed E-state index contributed by atoms with van der Waals surface area (Å²) in [6, 6.07) is 3.22. The highest BCUT2D eigenvalue weighted by Gasteiger charge is 2.08. The fourth-order valence-corrected chi connectivity index (χ4v) is 1.33. The summed E-state index contributed by atoms with van der Waals surface area (Å²) in [4.78, 5) is 23.3. The van der Waals surface area contributed by atoms with E-state index in [0.29, 0.717) is 13.2 Å². The molecule has 1 heterocycles. The SMILES string of the molecule is CCOc1cccn(CC(=O)OCCOC)c1=O. The third-order valence-electron chi connectivity index (χ3n) is 2.14. The first kappa shape index (κ1) is 14.2. The molecule has 0 amide bonds. The van der Waals surface area contributed by atoms with Crippen LogP contribution in [0.25, 0.3) is 0 Å². The van der Waals surface area contributed by atoms with E-state index in [0.717, 1.165) is 0 Å². The van der Waals surface area contributed by atoms with Crippen LogP contribution < -0.4 is 10.3 Å². The van der Waals surface area contributed by atoms with Gasteiger partial charge in [-0.15, -0.1) is 0 Å². The van der Waals surface area contributed by atoms with Crippen LogP contribution in [0.3, 0.4) is 0 Å². The number of ether oxygens (including phenoxy) is 3. The minimum absolute atomic E-state index is 0.135. The molecule has 100 valence electrons. The molecule has 0 bridgehead atoms. The van der Waals surface area contributed by atoms with Crippen LogP contribution in [0, 0.1) is 0 Å². The van der Waals surface area contributed by atoms with Gasteiger partial charge in [0.2, 0.25) is 0 Å². The highest BCUT2D eigenvalue weighted by atomic mass is 16.6. The van der Waals surface area contributed by atoms with Crippen LogP contribution in [0.2, 0.25) is 0 Å². The molecule has 0 aliphatic heterocycles. The summed E-state index contributed by atoms with van der Waals surface area (Å²) in [5.74, 6) is -0.257. The summed E-state index contributed by atoms with van der Waals surface area (Å²) in [5, 5.41) is 0. The molecular formula is C12H17NO5. The van der Waals surface area contributed by atoms with Crippen molar-refractivity contribution >= 4 is 5.97 Å². The predicted molar refractivity (Wildman–Crippen MR) is 64.7 cm³/mol. The van der Waals surface area contributed by atoms with Crippen molar-refractivity contribution in [3.8, 4) is 5.75 Å². The zero-order valence-corrected chi connectivity index (χ0v) is 10.5. The van der Waals surface area contributed by atoms with Gasteiger partial charge in [0.25, 0.3) is 5.56 Å². The van der Waals surface area contributed by atoms with Crippen molar-refractivity contribution in [2.45, 2.75) is 13.5 Å². The molecule has 0 atom stereocenters. The van der Waals surface area contributed by atoms with Crippen molar-refractivity contribution in [3.05, 3.63) is 28.7 Å². The van der Waals surface area contributed by atoms with Gasteiger partial charge in [-0.2, -0.15) is 0 Å². The maximum absolute atomic E-state index is 11.8. The monoisotopic (exact) mass is 255 g/mol. The molecule has 0 radical (unpaired) electrons. The minimum atomic E-state index is -0.484. The summed E-state index contributed by atoms with van der Waals surface area (Å²) in [6.45, 7) is 2.56. The summed E-state index contributed by atoms with van der Waals surface area (Å²) < 4.78 is 16.0. The Labute approximate surface area is 105 Å². The average molecular weight is 255 g/mol. The van der Waals surface area contributed by atoms with E-state index in [-0.39, 0.29) is 24.5 Å². The van der Waals surface area contributed by atoms with Crippen molar-refractivity contribution < 1.29 is 19.0 Å². The zero-order valence-electron chi connectivity index (χ0n) is 10.5. The van der Waals surface area contributed by atoms with E-state index >= 15 is 0 Å². The van der Waals surface area contributed by atoms with Crippen LogP contribution in [0.1, 0.15) is 6.92 Å². The van der Waals surface area contributed by atoms with Gasteiger partial charge in [0.15, 0.2) is 5.75 Å². The summed E-state index contributed by atoms with van der Waals surface area (Å²) in [6.07, 6.45) is 1.52. The van der Waals surface area contributed by atoms with Crippen molar-refractivity contribution in [3.63, 3.8) is 0 Å². The minimum Gasteiger partial charge on any atom is -0.488 e. The number of carbonyl (C=O) groups is 1. The van der Waals surface area contributed by atoms with Crippen LogP contribution in [-0.2, 0) is 20.8 Å². The van der Waals surface area contributed by atoms with Crippen molar-refractivity contribution in [2.24, 2.45) is 0 Å². The van der Waals surface area contributed by atoms with Gasteiger partial charge < -0.3 is 18.8 Å². The summed E-state index contributed by atoms with van der Waals surface area (Å²) in [5.41, 5.74) is -0.344. The quantitative estimate of drug-likeness (QED) is 0.522. The lowest BCUT2D eigenvalue weighted by Crippen LogP contribution is -2.26. The molecule has 0 fully saturated rings. The molecular weight excluding hydrogens is 238 g/mol. The number of pyridine rings is 1. The van der Waals surface area contributed by atoms with Gasteiger partial charge in [0.1, 0.15) is 13.2 Å². The Balaban J connectivity index is 2.64. The highest BCUT2D eigenvalue weighted by Crippen LogP contribution is 2.01. The molecule has 0 aliphatic rings. The van der Waals surface area contributed by atoms with E-state index in [1.54, 1.807) is 19.1 Å². The highest BCUT2D eigenvalue weighted by molar-refractivity contribution is 5.69. The Hall–Kier alpha value is -1.82. The van der Waals surface area contributed by atoms with Crippen LogP contribution in [-0.4, -0.2) is 37.5 Å². The maximum atomic E-state index is 11.8. The fraction of sp³-hybridized carbons (Fsp3) is 0.500. The van der Waals surface area contributed by atoms with Crippen LogP contribution in [0.15, 0.2) is 23.1 Å². The van der Waals surface area contributed by atoms with Gasteiger partial charge >= 0.3 is 5.97 Å². The Bertz CT molecular complexity index is 440. The van der Waals surface area contributed by atoms with Crippen molar-refractivity contribution in [2.75, 3.05) is 26.9 Å². The third-order valence-corrected chi connectivity index (χ3v) is 2.14. The lowest BCUT2D eigenvalue weighted by molar-refractivity contribution is -0.145. The lowest BCUT2D eigenvalue weighted by atomic mass is 10.4. The number of rotatable bonds is 7. The molecule has 0 N–H and O–H groups in total. The topological polar surface area (TPSA) is 66.8 Å². The second-order valence-corrected chi connectivity index (χ2v) is 3.45. The summed E-state index contributed by atoms with van der Waals surface area (Å²) in [7, 11) is 1.52. The Morgan fingerprint density at radius 2 is 2.17 bits per heavy atom. The first-order valence-corrected chi connectivity index (χ1v) is 5.65.